The van der Waals surface area contributed by atoms with Gasteiger partial charge in [0.15, 0.2) is 0 Å². The van der Waals surface area contributed by atoms with Crippen LogP contribution < -0.4 is 25.8 Å². The smallest absolute Gasteiger partial charge is 0.247 e. The molecular weight excluding hydrogens is 494 g/mol. The SMILES string of the molecule is C=CC(=O)Nc1cc(NC2=NCC=NC(C3=CC(=NC)C(=CN)CC=C3)=C2)c(OC)cc1OCCCN(C)C. The fraction of sp³-hybridized carbons (Fsp3) is 0.310. The third kappa shape index (κ3) is 8.27. The zero-order valence-corrected chi connectivity index (χ0v) is 23.0. The third-order valence-electron chi connectivity index (χ3n) is 5.86. The normalized spacial score (nSPS) is 17.2. The Balaban J connectivity index is 1.93. The number of carbonyl (C=O) groups is 1. The van der Waals surface area contributed by atoms with E-state index < -0.39 is 0 Å². The van der Waals surface area contributed by atoms with Crippen molar-refractivity contribution in [3.8, 4) is 11.5 Å². The van der Waals surface area contributed by atoms with Crippen molar-refractivity contribution in [3.05, 3.63) is 72.1 Å². The van der Waals surface area contributed by atoms with Crippen molar-refractivity contribution in [2.45, 2.75) is 12.8 Å². The Morgan fingerprint density at radius 3 is 2.77 bits per heavy atom. The highest BCUT2D eigenvalue weighted by molar-refractivity contribution is 6.11. The van der Waals surface area contributed by atoms with Gasteiger partial charge < -0.3 is 30.7 Å². The molecule has 1 amide bonds. The second-order valence-corrected chi connectivity index (χ2v) is 8.95. The molecule has 0 atom stereocenters. The van der Waals surface area contributed by atoms with Crippen LogP contribution in [-0.2, 0) is 4.79 Å². The van der Waals surface area contributed by atoms with Gasteiger partial charge in [0.05, 0.1) is 43.0 Å². The molecule has 10 nitrogen and oxygen atoms in total. The molecule has 0 unspecified atom stereocenters. The number of aliphatic imine (C=N–C) groups is 3. The number of methoxy groups -OCH3 is 1. The second kappa shape index (κ2) is 14.5. The number of benzene rings is 1. The van der Waals surface area contributed by atoms with Gasteiger partial charge in [0, 0.05) is 37.5 Å². The standard InChI is InChI=1S/C29H37N7O3/c1-6-29(37)35-25-16-24(26(38-5)18-27(25)39-14-8-13-36(3)4)34-28-17-23(32-11-12-33-28)20-9-7-10-21(19-30)22(15-20)31-2/h6-7,9,11,15-19H,1,8,10,12-14,30H2,2-5H3,(H,33,34)(H,35,37). The first kappa shape index (κ1) is 29.1. The van der Waals surface area contributed by atoms with Crippen molar-refractivity contribution in [1.29, 1.82) is 0 Å². The maximum absolute atomic E-state index is 12.2. The molecule has 0 aromatic heterocycles. The van der Waals surface area contributed by atoms with Crippen molar-refractivity contribution < 1.29 is 14.3 Å². The van der Waals surface area contributed by atoms with E-state index in [1.165, 1.54) is 6.08 Å². The van der Waals surface area contributed by atoms with Gasteiger partial charge in [-0.25, -0.2) is 0 Å². The predicted octanol–water partition coefficient (Wildman–Crippen LogP) is 3.73. The van der Waals surface area contributed by atoms with Gasteiger partial charge in [0.2, 0.25) is 5.91 Å². The Hall–Kier alpha value is -4.44. The second-order valence-electron chi connectivity index (χ2n) is 8.95. The van der Waals surface area contributed by atoms with Gasteiger partial charge in [-0.2, -0.15) is 0 Å². The van der Waals surface area contributed by atoms with Crippen LogP contribution in [0.5, 0.6) is 11.5 Å². The fourth-order valence-electron chi connectivity index (χ4n) is 3.88. The first-order valence-electron chi connectivity index (χ1n) is 12.6. The number of anilines is 2. The molecule has 0 fully saturated rings. The van der Waals surface area contributed by atoms with E-state index in [1.807, 2.05) is 38.4 Å². The number of nitrogens with zero attached hydrogens (tertiary/aromatic N) is 4. The fourth-order valence-corrected chi connectivity index (χ4v) is 3.88. The van der Waals surface area contributed by atoms with E-state index in [0.29, 0.717) is 48.3 Å². The van der Waals surface area contributed by atoms with Crippen molar-refractivity contribution >= 4 is 35.0 Å². The number of hydrogen-bond acceptors (Lipinski definition) is 9. The molecule has 1 heterocycles. The van der Waals surface area contributed by atoms with Crippen LogP contribution in [0.3, 0.4) is 0 Å². The molecule has 1 aliphatic carbocycles. The van der Waals surface area contributed by atoms with Crippen LogP contribution in [-0.4, -0.2) is 76.5 Å². The number of hydrogen-bond donors (Lipinski definition) is 3. The van der Waals surface area contributed by atoms with Crippen LogP contribution in [0.4, 0.5) is 11.4 Å². The lowest BCUT2D eigenvalue weighted by molar-refractivity contribution is -0.111. The number of nitrogens with one attached hydrogen (secondary N) is 2. The molecule has 1 aromatic carbocycles. The highest BCUT2D eigenvalue weighted by Gasteiger charge is 2.17. The molecule has 0 radical (unpaired) electrons. The first-order chi connectivity index (χ1) is 18.9. The van der Waals surface area contributed by atoms with Gasteiger partial charge >= 0.3 is 0 Å². The average Bonchev–Trinajstić information content (AvgIpc) is 3.29. The monoisotopic (exact) mass is 531 g/mol. The quantitative estimate of drug-likeness (QED) is 0.312. The summed E-state index contributed by atoms with van der Waals surface area (Å²) in [5.41, 5.74) is 10.2. The minimum absolute atomic E-state index is 0.349. The lowest BCUT2D eigenvalue weighted by Crippen LogP contribution is -2.16. The molecule has 2 aliphatic rings. The maximum atomic E-state index is 12.2. The molecule has 0 bridgehead atoms. The van der Waals surface area contributed by atoms with E-state index >= 15 is 0 Å². The number of carbonyl (C=O) groups excluding carboxylic acids is 1. The topological polar surface area (TPSA) is 126 Å². The van der Waals surface area contributed by atoms with Crippen LogP contribution in [0, 0.1) is 0 Å². The summed E-state index contributed by atoms with van der Waals surface area (Å²) in [6.45, 7) is 5.30. The molecule has 10 heteroatoms. The maximum Gasteiger partial charge on any atom is 0.247 e. The van der Waals surface area contributed by atoms with Gasteiger partial charge in [0.25, 0.3) is 0 Å². The Morgan fingerprint density at radius 1 is 1.26 bits per heavy atom. The zero-order valence-electron chi connectivity index (χ0n) is 23.0. The van der Waals surface area contributed by atoms with Crippen LogP contribution in [0.2, 0.25) is 0 Å². The number of amides is 1. The first-order valence-corrected chi connectivity index (χ1v) is 12.6. The Kier molecular flexibility index (Phi) is 10.8. The van der Waals surface area contributed by atoms with Gasteiger partial charge in [-0.1, -0.05) is 18.7 Å². The molecule has 1 aliphatic heterocycles. The van der Waals surface area contributed by atoms with E-state index in [9.17, 15) is 4.79 Å². The summed E-state index contributed by atoms with van der Waals surface area (Å²) in [5.74, 6) is 1.25. The Labute approximate surface area is 230 Å². The molecule has 206 valence electrons. The summed E-state index contributed by atoms with van der Waals surface area (Å²) >= 11 is 0. The van der Waals surface area contributed by atoms with E-state index in [2.05, 4.69) is 37.1 Å². The van der Waals surface area contributed by atoms with Crippen molar-refractivity contribution in [2.75, 3.05) is 58.6 Å². The lowest BCUT2D eigenvalue weighted by atomic mass is 10.1. The van der Waals surface area contributed by atoms with Crippen LogP contribution in [0.1, 0.15) is 12.8 Å². The number of allylic oxidation sites excluding steroid dienone is 4. The minimum atomic E-state index is -0.349. The van der Waals surface area contributed by atoms with Crippen molar-refractivity contribution in [1.82, 2.24) is 4.90 Å². The largest absolute Gasteiger partial charge is 0.494 e. The van der Waals surface area contributed by atoms with Crippen LogP contribution >= 0.6 is 0 Å². The molecular formula is C29H37N7O3. The molecule has 3 rings (SSSR count). The average molecular weight is 532 g/mol. The Bertz CT molecular complexity index is 1280. The lowest BCUT2D eigenvalue weighted by Gasteiger charge is -2.18. The summed E-state index contributed by atoms with van der Waals surface area (Å²) in [6.07, 6.45) is 13.9. The van der Waals surface area contributed by atoms with Crippen LogP contribution in [0.25, 0.3) is 0 Å². The zero-order chi connectivity index (χ0) is 28.2. The van der Waals surface area contributed by atoms with Crippen LogP contribution in [0.15, 0.2) is 87.1 Å². The van der Waals surface area contributed by atoms with Gasteiger partial charge in [-0.15, -0.1) is 0 Å². The number of amidine groups is 1. The third-order valence-corrected chi connectivity index (χ3v) is 5.86. The molecule has 1 aromatic rings. The van der Waals surface area contributed by atoms with E-state index in [0.717, 1.165) is 35.5 Å². The van der Waals surface area contributed by atoms with E-state index in [-0.39, 0.29) is 5.91 Å². The predicted molar refractivity (Wildman–Crippen MR) is 160 cm³/mol. The summed E-state index contributed by atoms with van der Waals surface area (Å²) < 4.78 is 11.7. The molecule has 0 spiro atoms. The summed E-state index contributed by atoms with van der Waals surface area (Å²) in [5, 5.41) is 6.15. The number of nitrogens with two attached hydrogens (primary N) is 1. The molecule has 39 heavy (non-hydrogen) atoms. The molecule has 0 saturated carbocycles. The van der Waals surface area contributed by atoms with E-state index in [4.69, 9.17) is 15.2 Å². The van der Waals surface area contributed by atoms with Crippen molar-refractivity contribution in [2.24, 2.45) is 20.7 Å². The summed E-state index contributed by atoms with van der Waals surface area (Å²) in [6, 6.07) is 3.50. The van der Waals surface area contributed by atoms with E-state index in [1.54, 1.807) is 38.7 Å². The molecule has 0 saturated heterocycles. The van der Waals surface area contributed by atoms with Gasteiger partial charge in [0.1, 0.15) is 17.3 Å². The van der Waals surface area contributed by atoms with Gasteiger partial charge in [-0.05, 0) is 56.9 Å². The van der Waals surface area contributed by atoms with Crippen molar-refractivity contribution in [3.63, 3.8) is 0 Å². The summed E-state index contributed by atoms with van der Waals surface area (Å²) in [4.78, 5) is 27.9. The number of rotatable bonds is 10. The Morgan fingerprint density at radius 2 is 2.08 bits per heavy atom. The summed E-state index contributed by atoms with van der Waals surface area (Å²) in [7, 11) is 7.33. The molecule has 4 N–H and O–H groups in total. The highest BCUT2D eigenvalue weighted by Crippen LogP contribution is 2.37. The highest BCUT2D eigenvalue weighted by atomic mass is 16.5. The minimum Gasteiger partial charge on any atom is -0.494 e. The number of ether oxygens (including phenoxy) is 2. The van der Waals surface area contributed by atoms with Gasteiger partial charge in [-0.3, -0.25) is 19.8 Å².